The molecular formula is C11H22N6O2S. The highest BCUT2D eigenvalue weighted by Crippen LogP contribution is 2.12. The van der Waals surface area contributed by atoms with E-state index < -0.39 is 10.0 Å². The Kier molecular flexibility index (Phi) is 5.11. The second kappa shape index (κ2) is 6.64. The maximum absolute atomic E-state index is 12.4. The van der Waals surface area contributed by atoms with Crippen molar-refractivity contribution >= 4 is 10.0 Å². The molecule has 1 aromatic rings. The highest BCUT2D eigenvalue weighted by Gasteiger charge is 2.25. The number of nitrogens with one attached hydrogen (secondary N) is 3. The van der Waals surface area contributed by atoms with Crippen molar-refractivity contribution in [2.75, 3.05) is 39.8 Å². The van der Waals surface area contributed by atoms with Gasteiger partial charge < -0.3 is 10.2 Å². The van der Waals surface area contributed by atoms with E-state index in [1.165, 1.54) is 0 Å². The van der Waals surface area contributed by atoms with E-state index >= 15 is 0 Å². The quantitative estimate of drug-likeness (QED) is 0.621. The summed E-state index contributed by atoms with van der Waals surface area (Å²) in [5.74, 6) is 0. The van der Waals surface area contributed by atoms with Gasteiger partial charge in [0.2, 0.25) is 0 Å². The summed E-state index contributed by atoms with van der Waals surface area (Å²) in [6.07, 6.45) is 1.54. The van der Waals surface area contributed by atoms with Crippen molar-refractivity contribution in [3.8, 4) is 0 Å². The third kappa shape index (κ3) is 3.76. The van der Waals surface area contributed by atoms with Crippen LogP contribution in [0.2, 0.25) is 0 Å². The van der Waals surface area contributed by atoms with Crippen LogP contribution < -0.4 is 10.1 Å². The third-order valence-corrected chi connectivity index (χ3v) is 4.65. The lowest BCUT2D eigenvalue weighted by atomic mass is 10.3. The Morgan fingerprint density at radius 3 is 2.70 bits per heavy atom. The van der Waals surface area contributed by atoms with E-state index in [1.54, 1.807) is 11.2 Å². The van der Waals surface area contributed by atoms with Crippen LogP contribution in [-0.4, -0.2) is 68.3 Å². The first-order chi connectivity index (χ1) is 9.53. The minimum Gasteiger partial charge on any atom is -0.313 e. The maximum Gasteiger partial charge on any atom is 0.270 e. The number of hydrogen-bond donors (Lipinski definition) is 3. The molecule has 0 unspecified atom stereocenters. The molecule has 1 saturated heterocycles. The van der Waals surface area contributed by atoms with Crippen molar-refractivity contribution in [3.05, 3.63) is 11.8 Å². The number of sulfonamides is 1. The molecule has 9 heteroatoms. The molecule has 0 aliphatic carbocycles. The predicted octanol–water partition coefficient (Wildman–Crippen LogP) is -1.04. The Morgan fingerprint density at radius 1 is 1.35 bits per heavy atom. The van der Waals surface area contributed by atoms with Gasteiger partial charge in [-0.3, -0.25) is 5.10 Å². The summed E-state index contributed by atoms with van der Waals surface area (Å²) in [4.78, 5) is 4.78. The minimum absolute atomic E-state index is 0.136. The SMILES string of the molecule is CCNCc1cn[nH]c1S(=O)(=O)NN1CCN(C)CC1. The van der Waals surface area contributed by atoms with Gasteiger partial charge in [-0.15, -0.1) is 4.83 Å². The van der Waals surface area contributed by atoms with Crippen molar-refractivity contribution in [2.45, 2.75) is 18.5 Å². The zero-order valence-electron chi connectivity index (χ0n) is 11.9. The van der Waals surface area contributed by atoms with Gasteiger partial charge in [0, 0.05) is 38.3 Å². The molecule has 0 bridgehead atoms. The molecule has 114 valence electrons. The molecule has 1 fully saturated rings. The topological polar surface area (TPSA) is 93.4 Å². The molecule has 0 spiro atoms. The Morgan fingerprint density at radius 2 is 2.05 bits per heavy atom. The number of nitrogens with zero attached hydrogens (tertiary/aromatic N) is 3. The summed E-state index contributed by atoms with van der Waals surface area (Å²) in [5, 5.41) is 11.4. The van der Waals surface area contributed by atoms with Gasteiger partial charge in [-0.2, -0.15) is 5.10 Å². The number of aromatic nitrogens is 2. The Balaban J connectivity index is 2.04. The monoisotopic (exact) mass is 302 g/mol. The zero-order chi connectivity index (χ0) is 14.6. The molecule has 3 N–H and O–H groups in total. The molecule has 1 aliphatic heterocycles. The van der Waals surface area contributed by atoms with E-state index in [2.05, 4.69) is 25.2 Å². The number of likely N-dealkylation sites (N-methyl/N-ethyl adjacent to an activating group) is 1. The highest BCUT2D eigenvalue weighted by atomic mass is 32.2. The van der Waals surface area contributed by atoms with E-state index in [1.807, 2.05) is 14.0 Å². The van der Waals surface area contributed by atoms with E-state index in [-0.39, 0.29) is 5.03 Å². The Hall–Kier alpha value is -1.00. The molecule has 1 aliphatic rings. The summed E-state index contributed by atoms with van der Waals surface area (Å²) in [6.45, 7) is 6.25. The normalized spacial score (nSPS) is 18.5. The third-order valence-electron chi connectivity index (χ3n) is 3.26. The molecule has 2 heterocycles. The lowest BCUT2D eigenvalue weighted by Gasteiger charge is -2.31. The smallest absolute Gasteiger partial charge is 0.270 e. The molecule has 0 saturated carbocycles. The Bertz CT molecular complexity index is 521. The number of rotatable bonds is 6. The fourth-order valence-corrected chi connectivity index (χ4v) is 3.29. The fourth-order valence-electron chi connectivity index (χ4n) is 2.03. The van der Waals surface area contributed by atoms with Crippen LogP contribution in [-0.2, 0) is 16.6 Å². The van der Waals surface area contributed by atoms with Crippen LogP contribution in [0.5, 0.6) is 0 Å². The van der Waals surface area contributed by atoms with Crippen LogP contribution in [0.4, 0.5) is 0 Å². The second-order valence-corrected chi connectivity index (χ2v) is 6.49. The molecule has 8 nitrogen and oxygen atoms in total. The molecule has 0 amide bonds. The van der Waals surface area contributed by atoms with Crippen molar-refractivity contribution in [1.29, 1.82) is 0 Å². The van der Waals surface area contributed by atoms with Gasteiger partial charge in [0.05, 0.1) is 6.20 Å². The predicted molar refractivity (Wildman–Crippen MR) is 75.4 cm³/mol. The van der Waals surface area contributed by atoms with Crippen molar-refractivity contribution in [3.63, 3.8) is 0 Å². The lowest BCUT2D eigenvalue weighted by molar-refractivity contribution is 0.134. The first-order valence-corrected chi connectivity index (χ1v) is 8.20. The van der Waals surface area contributed by atoms with Crippen molar-refractivity contribution in [1.82, 2.24) is 30.3 Å². The zero-order valence-corrected chi connectivity index (χ0v) is 12.7. The average Bonchev–Trinajstić information content (AvgIpc) is 2.88. The molecule has 0 radical (unpaired) electrons. The highest BCUT2D eigenvalue weighted by molar-refractivity contribution is 7.89. The summed E-state index contributed by atoms with van der Waals surface area (Å²) in [6, 6.07) is 0. The van der Waals surface area contributed by atoms with E-state index in [4.69, 9.17) is 0 Å². The average molecular weight is 302 g/mol. The minimum atomic E-state index is -3.60. The number of piperazine rings is 1. The fraction of sp³-hybridized carbons (Fsp3) is 0.727. The van der Waals surface area contributed by atoms with Crippen molar-refractivity contribution in [2.24, 2.45) is 0 Å². The van der Waals surface area contributed by atoms with Crippen LogP contribution in [0.1, 0.15) is 12.5 Å². The summed E-state index contributed by atoms with van der Waals surface area (Å²) >= 11 is 0. The van der Waals surface area contributed by atoms with Gasteiger partial charge in [0.15, 0.2) is 5.03 Å². The van der Waals surface area contributed by atoms with Gasteiger partial charge in [-0.1, -0.05) is 6.92 Å². The maximum atomic E-state index is 12.4. The summed E-state index contributed by atoms with van der Waals surface area (Å²) in [5.41, 5.74) is 0.647. The van der Waals surface area contributed by atoms with E-state index in [0.717, 1.165) is 19.6 Å². The van der Waals surface area contributed by atoms with Gasteiger partial charge >= 0.3 is 0 Å². The first-order valence-electron chi connectivity index (χ1n) is 6.72. The molecule has 0 atom stereocenters. The van der Waals surface area contributed by atoms with Crippen LogP contribution >= 0.6 is 0 Å². The van der Waals surface area contributed by atoms with Gasteiger partial charge in [-0.25, -0.2) is 13.4 Å². The molecule has 0 aromatic carbocycles. The van der Waals surface area contributed by atoms with Crippen LogP contribution in [0, 0.1) is 0 Å². The largest absolute Gasteiger partial charge is 0.313 e. The Labute approximate surface area is 119 Å². The van der Waals surface area contributed by atoms with E-state index in [0.29, 0.717) is 25.2 Å². The van der Waals surface area contributed by atoms with Crippen LogP contribution in [0.25, 0.3) is 0 Å². The summed E-state index contributed by atoms with van der Waals surface area (Å²) in [7, 11) is -1.57. The van der Waals surface area contributed by atoms with Crippen molar-refractivity contribution < 1.29 is 8.42 Å². The molecule has 1 aromatic heterocycles. The van der Waals surface area contributed by atoms with Crippen LogP contribution in [0.15, 0.2) is 11.2 Å². The molecule has 2 rings (SSSR count). The number of hydrazine groups is 1. The first kappa shape index (κ1) is 15.4. The van der Waals surface area contributed by atoms with Gasteiger partial charge in [0.25, 0.3) is 10.0 Å². The molecular weight excluding hydrogens is 280 g/mol. The number of H-pyrrole nitrogens is 1. The van der Waals surface area contributed by atoms with Gasteiger partial charge in [0.1, 0.15) is 0 Å². The lowest BCUT2D eigenvalue weighted by Crippen LogP contribution is -2.52. The second-order valence-electron chi connectivity index (χ2n) is 4.89. The van der Waals surface area contributed by atoms with Crippen LogP contribution in [0.3, 0.4) is 0 Å². The van der Waals surface area contributed by atoms with Gasteiger partial charge in [-0.05, 0) is 13.6 Å². The summed E-state index contributed by atoms with van der Waals surface area (Å²) < 4.78 is 24.7. The van der Waals surface area contributed by atoms with E-state index in [9.17, 15) is 8.42 Å². The number of hydrogen-bond acceptors (Lipinski definition) is 6. The number of aromatic amines is 1. The molecule has 20 heavy (non-hydrogen) atoms. The standard InChI is InChI=1S/C11H22N6O2S/c1-3-12-8-10-9-13-14-11(10)20(18,19)15-17-6-4-16(2)5-7-17/h9,12,15H,3-8H2,1-2H3,(H,13,14).